The second kappa shape index (κ2) is 3.94. The zero-order valence-electron chi connectivity index (χ0n) is 9.21. The lowest BCUT2D eigenvalue weighted by atomic mass is 9.90. The Hall–Kier alpha value is -0.870. The van der Waals surface area contributed by atoms with Gasteiger partial charge in [0.25, 0.3) is 0 Å². The molecule has 1 aliphatic carbocycles. The summed E-state index contributed by atoms with van der Waals surface area (Å²) in [5.41, 5.74) is 9.03. The highest BCUT2D eigenvalue weighted by Crippen LogP contribution is 2.24. The molecule has 1 atom stereocenters. The topological polar surface area (TPSA) is 74.9 Å². The van der Waals surface area contributed by atoms with Crippen LogP contribution in [-0.2, 0) is 19.3 Å². The number of nitrogens with two attached hydrogens (primary N) is 1. The minimum atomic E-state index is -0.555. The van der Waals surface area contributed by atoms with E-state index >= 15 is 0 Å². The fourth-order valence-corrected chi connectivity index (χ4v) is 2.13. The number of nitrogens with zero attached hydrogens (tertiary/aromatic N) is 1. The van der Waals surface area contributed by atoms with Crippen molar-refractivity contribution in [2.75, 3.05) is 6.61 Å². The van der Waals surface area contributed by atoms with Crippen LogP contribution >= 0.6 is 0 Å². The molecule has 1 aliphatic rings. The summed E-state index contributed by atoms with van der Waals surface area (Å²) in [5, 5.41) is 16.5. The molecule has 1 heterocycles. The number of nitrogens with one attached hydrogen (secondary N) is 1. The largest absolute Gasteiger partial charge is 0.394 e. The lowest BCUT2D eigenvalue weighted by Gasteiger charge is -2.21. The first kappa shape index (κ1) is 10.6. The second-order valence-electron chi connectivity index (χ2n) is 4.82. The number of aliphatic hydroxyl groups is 1. The van der Waals surface area contributed by atoms with Gasteiger partial charge in [-0.05, 0) is 38.2 Å². The van der Waals surface area contributed by atoms with Crippen molar-refractivity contribution in [3.8, 4) is 0 Å². The van der Waals surface area contributed by atoms with Gasteiger partial charge in [-0.25, -0.2) is 0 Å². The number of hydrogen-bond acceptors (Lipinski definition) is 3. The van der Waals surface area contributed by atoms with E-state index in [1.165, 1.54) is 24.1 Å². The molecule has 1 unspecified atom stereocenters. The molecule has 0 fully saturated rings. The van der Waals surface area contributed by atoms with Crippen LogP contribution < -0.4 is 5.73 Å². The highest BCUT2D eigenvalue weighted by molar-refractivity contribution is 5.28. The van der Waals surface area contributed by atoms with Gasteiger partial charge in [0.05, 0.1) is 12.3 Å². The lowest BCUT2D eigenvalue weighted by Crippen LogP contribution is -2.42. The van der Waals surface area contributed by atoms with Crippen molar-refractivity contribution in [1.82, 2.24) is 10.2 Å². The molecule has 0 saturated carbocycles. The quantitative estimate of drug-likeness (QED) is 0.680. The third kappa shape index (κ3) is 2.21. The number of aromatic amines is 1. The standard InChI is InChI=1S/C11H19N3O/c1-11(12,7-15)6-10-8-4-2-3-5-9(8)13-14-10/h15H,2-7,12H2,1H3,(H,13,14). The first-order valence-electron chi connectivity index (χ1n) is 5.57. The predicted octanol–water partition coefficient (Wildman–Crippen LogP) is 0.541. The SMILES string of the molecule is CC(N)(CO)Cc1n[nH]c2c1CCCC2. The van der Waals surface area contributed by atoms with Crippen LogP contribution in [0.4, 0.5) is 0 Å². The fraction of sp³-hybridized carbons (Fsp3) is 0.727. The van der Waals surface area contributed by atoms with Crippen molar-refractivity contribution in [3.63, 3.8) is 0 Å². The summed E-state index contributed by atoms with van der Waals surface area (Å²) in [7, 11) is 0. The van der Waals surface area contributed by atoms with E-state index in [1.807, 2.05) is 6.92 Å². The molecule has 0 amide bonds. The smallest absolute Gasteiger partial charge is 0.0676 e. The second-order valence-corrected chi connectivity index (χ2v) is 4.82. The molecule has 84 valence electrons. The number of aliphatic hydroxyl groups excluding tert-OH is 1. The summed E-state index contributed by atoms with van der Waals surface area (Å²) >= 11 is 0. The molecule has 0 saturated heterocycles. The number of aryl methyl sites for hydroxylation is 1. The van der Waals surface area contributed by atoms with E-state index in [2.05, 4.69) is 10.2 Å². The molecular weight excluding hydrogens is 190 g/mol. The summed E-state index contributed by atoms with van der Waals surface area (Å²) in [6.45, 7) is 1.85. The van der Waals surface area contributed by atoms with E-state index < -0.39 is 5.54 Å². The van der Waals surface area contributed by atoms with Gasteiger partial charge in [0.2, 0.25) is 0 Å². The van der Waals surface area contributed by atoms with Crippen molar-refractivity contribution in [1.29, 1.82) is 0 Å². The van der Waals surface area contributed by atoms with Crippen molar-refractivity contribution in [2.45, 2.75) is 44.6 Å². The van der Waals surface area contributed by atoms with Crippen LogP contribution in [0.3, 0.4) is 0 Å². The molecule has 15 heavy (non-hydrogen) atoms. The Balaban J connectivity index is 2.19. The molecule has 0 bridgehead atoms. The zero-order chi connectivity index (χ0) is 10.9. The van der Waals surface area contributed by atoms with E-state index in [9.17, 15) is 0 Å². The molecule has 1 aromatic heterocycles. The van der Waals surface area contributed by atoms with Crippen LogP contribution in [0.25, 0.3) is 0 Å². The Labute approximate surface area is 89.9 Å². The van der Waals surface area contributed by atoms with E-state index in [1.54, 1.807) is 0 Å². The minimum Gasteiger partial charge on any atom is -0.394 e. The fourth-order valence-electron chi connectivity index (χ4n) is 2.13. The Morgan fingerprint density at radius 2 is 2.20 bits per heavy atom. The molecule has 2 rings (SSSR count). The number of H-pyrrole nitrogens is 1. The Kier molecular flexibility index (Phi) is 2.80. The van der Waals surface area contributed by atoms with Gasteiger partial charge in [-0.2, -0.15) is 5.10 Å². The number of rotatable bonds is 3. The van der Waals surface area contributed by atoms with Crippen LogP contribution in [0, 0.1) is 0 Å². The zero-order valence-corrected chi connectivity index (χ0v) is 9.21. The van der Waals surface area contributed by atoms with E-state index in [-0.39, 0.29) is 6.61 Å². The van der Waals surface area contributed by atoms with Gasteiger partial charge >= 0.3 is 0 Å². The van der Waals surface area contributed by atoms with Gasteiger partial charge in [-0.3, -0.25) is 5.10 Å². The van der Waals surface area contributed by atoms with Crippen LogP contribution in [0.2, 0.25) is 0 Å². The average molecular weight is 209 g/mol. The molecule has 4 N–H and O–H groups in total. The maximum atomic E-state index is 9.13. The highest BCUT2D eigenvalue weighted by atomic mass is 16.3. The maximum Gasteiger partial charge on any atom is 0.0676 e. The summed E-state index contributed by atoms with van der Waals surface area (Å²) < 4.78 is 0. The summed E-state index contributed by atoms with van der Waals surface area (Å²) in [6.07, 6.45) is 5.33. The molecule has 0 radical (unpaired) electrons. The molecule has 0 spiro atoms. The van der Waals surface area contributed by atoms with Gasteiger partial charge in [0.15, 0.2) is 0 Å². The molecular formula is C11H19N3O. The Morgan fingerprint density at radius 3 is 2.93 bits per heavy atom. The van der Waals surface area contributed by atoms with Crippen molar-refractivity contribution >= 4 is 0 Å². The Bertz CT molecular complexity index is 344. The summed E-state index contributed by atoms with van der Waals surface area (Å²) in [5.74, 6) is 0. The van der Waals surface area contributed by atoms with E-state index in [0.29, 0.717) is 6.42 Å². The van der Waals surface area contributed by atoms with Gasteiger partial charge in [0.1, 0.15) is 0 Å². The third-order valence-corrected chi connectivity index (χ3v) is 3.07. The summed E-state index contributed by atoms with van der Waals surface area (Å²) in [4.78, 5) is 0. The van der Waals surface area contributed by atoms with Gasteiger partial charge in [0, 0.05) is 17.7 Å². The van der Waals surface area contributed by atoms with E-state index in [4.69, 9.17) is 10.8 Å². The van der Waals surface area contributed by atoms with Crippen LogP contribution in [0.1, 0.15) is 36.7 Å². The first-order chi connectivity index (χ1) is 7.12. The van der Waals surface area contributed by atoms with Crippen LogP contribution in [-0.4, -0.2) is 27.4 Å². The first-order valence-corrected chi connectivity index (χ1v) is 5.57. The number of fused-ring (bicyclic) bond motifs is 1. The monoisotopic (exact) mass is 209 g/mol. The number of hydrogen-bond donors (Lipinski definition) is 3. The molecule has 0 aromatic carbocycles. The van der Waals surface area contributed by atoms with Gasteiger partial charge in [-0.1, -0.05) is 0 Å². The lowest BCUT2D eigenvalue weighted by molar-refractivity contribution is 0.207. The number of aromatic nitrogens is 2. The Morgan fingerprint density at radius 1 is 1.47 bits per heavy atom. The van der Waals surface area contributed by atoms with Gasteiger partial charge in [-0.15, -0.1) is 0 Å². The minimum absolute atomic E-state index is 0.00532. The molecule has 4 nitrogen and oxygen atoms in total. The van der Waals surface area contributed by atoms with Crippen molar-refractivity contribution in [2.24, 2.45) is 5.73 Å². The molecule has 4 heteroatoms. The predicted molar refractivity (Wildman–Crippen MR) is 58.6 cm³/mol. The highest BCUT2D eigenvalue weighted by Gasteiger charge is 2.24. The van der Waals surface area contributed by atoms with Gasteiger partial charge < -0.3 is 10.8 Å². The van der Waals surface area contributed by atoms with Crippen molar-refractivity contribution < 1.29 is 5.11 Å². The molecule has 0 aliphatic heterocycles. The third-order valence-electron chi connectivity index (χ3n) is 3.07. The summed E-state index contributed by atoms with van der Waals surface area (Å²) in [6, 6.07) is 0. The van der Waals surface area contributed by atoms with Crippen LogP contribution in [0.5, 0.6) is 0 Å². The average Bonchev–Trinajstić information content (AvgIpc) is 2.62. The molecule has 1 aromatic rings. The normalized spacial score (nSPS) is 19.7. The van der Waals surface area contributed by atoms with E-state index in [0.717, 1.165) is 18.5 Å². The maximum absolute atomic E-state index is 9.13. The van der Waals surface area contributed by atoms with Crippen molar-refractivity contribution in [3.05, 3.63) is 17.0 Å². The van der Waals surface area contributed by atoms with Crippen LogP contribution in [0.15, 0.2) is 0 Å².